The van der Waals surface area contributed by atoms with E-state index in [1.54, 1.807) is 0 Å². The number of nitrogens with zero attached hydrogens (tertiary/aromatic N) is 2. The van der Waals surface area contributed by atoms with Gasteiger partial charge in [-0.05, 0) is 44.5 Å². The van der Waals surface area contributed by atoms with E-state index in [0.717, 1.165) is 55.8 Å². The molecule has 0 aliphatic carbocycles. The zero-order valence-corrected chi connectivity index (χ0v) is 12.0. The fraction of sp³-hybridized carbons (Fsp3) is 0.562. The third-order valence-electron chi connectivity index (χ3n) is 4.32. The van der Waals surface area contributed by atoms with Gasteiger partial charge in [-0.15, -0.1) is 0 Å². The Hall–Kier alpha value is -1.39. The fourth-order valence-corrected chi connectivity index (χ4v) is 2.98. The van der Waals surface area contributed by atoms with Crippen LogP contribution in [-0.2, 0) is 0 Å². The lowest BCUT2D eigenvalue weighted by Crippen LogP contribution is -2.38. The third kappa shape index (κ3) is 2.86. The number of aliphatic hydroxyl groups excluding tert-OH is 1. The largest absolute Gasteiger partial charge is 0.392 e. The van der Waals surface area contributed by atoms with Gasteiger partial charge in [0, 0.05) is 12.5 Å². The van der Waals surface area contributed by atoms with Crippen molar-refractivity contribution in [2.75, 3.05) is 19.6 Å². The van der Waals surface area contributed by atoms with Crippen molar-refractivity contribution < 1.29 is 5.11 Å². The Kier molecular flexibility index (Phi) is 4.03. The lowest BCUT2D eigenvalue weighted by Gasteiger charge is -2.32. The zero-order chi connectivity index (χ0) is 13.9. The summed E-state index contributed by atoms with van der Waals surface area (Å²) >= 11 is 0. The molecule has 0 amide bonds. The molecule has 1 aromatic carbocycles. The van der Waals surface area contributed by atoms with Crippen molar-refractivity contribution in [3.63, 3.8) is 0 Å². The number of likely N-dealkylation sites (tertiary alicyclic amines) is 1. The molecule has 20 heavy (non-hydrogen) atoms. The van der Waals surface area contributed by atoms with Gasteiger partial charge in [0.1, 0.15) is 5.82 Å². The number of hydrogen-bond acceptors (Lipinski definition) is 3. The molecule has 0 spiro atoms. The van der Waals surface area contributed by atoms with E-state index in [9.17, 15) is 5.11 Å². The quantitative estimate of drug-likeness (QED) is 0.900. The molecule has 1 aliphatic heterocycles. The third-order valence-corrected chi connectivity index (χ3v) is 4.32. The Bertz CT molecular complexity index is 525. The van der Waals surface area contributed by atoms with Crippen molar-refractivity contribution in [2.24, 2.45) is 0 Å². The Balaban J connectivity index is 1.63. The summed E-state index contributed by atoms with van der Waals surface area (Å²) in [5, 5.41) is 9.73. The van der Waals surface area contributed by atoms with Crippen molar-refractivity contribution >= 4 is 11.0 Å². The van der Waals surface area contributed by atoms with Crippen LogP contribution in [0.4, 0.5) is 0 Å². The predicted molar refractivity (Wildman–Crippen MR) is 80.8 cm³/mol. The Morgan fingerprint density at radius 3 is 2.80 bits per heavy atom. The van der Waals surface area contributed by atoms with E-state index in [1.165, 1.54) is 0 Å². The molecule has 2 N–H and O–H groups in total. The summed E-state index contributed by atoms with van der Waals surface area (Å²) in [5.41, 5.74) is 2.19. The van der Waals surface area contributed by atoms with E-state index in [2.05, 4.69) is 22.0 Å². The predicted octanol–water partition coefficient (Wildman–Crippen LogP) is 2.51. The molecule has 1 unspecified atom stereocenters. The second-order valence-corrected chi connectivity index (χ2v) is 5.78. The number of fused-ring (bicyclic) bond motifs is 1. The SMILES string of the molecule is CCC(O)CN1CCC(c2nc3ccccc3[nH]2)CC1. The first-order valence-corrected chi connectivity index (χ1v) is 7.61. The molecule has 1 saturated heterocycles. The second-order valence-electron chi connectivity index (χ2n) is 5.78. The average molecular weight is 273 g/mol. The van der Waals surface area contributed by atoms with Gasteiger partial charge in [-0.25, -0.2) is 4.98 Å². The van der Waals surface area contributed by atoms with E-state index in [-0.39, 0.29) is 6.10 Å². The van der Waals surface area contributed by atoms with Crippen molar-refractivity contribution in [1.29, 1.82) is 0 Å². The molecule has 1 atom stereocenters. The molecule has 1 fully saturated rings. The number of aromatic nitrogens is 2. The number of aromatic amines is 1. The lowest BCUT2D eigenvalue weighted by molar-refractivity contribution is 0.0939. The number of nitrogens with one attached hydrogen (secondary N) is 1. The molecule has 4 nitrogen and oxygen atoms in total. The van der Waals surface area contributed by atoms with Crippen LogP contribution in [0.5, 0.6) is 0 Å². The van der Waals surface area contributed by atoms with Gasteiger partial charge in [0.25, 0.3) is 0 Å². The lowest BCUT2D eigenvalue weighted by atomic mass is 9.96. The molecule has 0 saturated carbocycles. The van der Waals surface area contributed by atoms with Gasteiger partial charge < -0.3 is 15.0 Å². The number of H-pyrrole nitrogens is 1. The molecular formula is C16H23N3O. The standard InChI is InChI=1S/C16H23N3O/c1-2-13(20)11-19-9-7-12(8-10-19)16-17-14-5-3-4-6-15(14)18-16/h3-6,12-13,20H,2,7-11H2,1H3,(H,17,18). The fourth-order valence-electron chi connectivity index (χ4n) is 2.98. The van der Waals surface area contributed by atoms with Crippen LogP contribution in [0, 0.1) is 0 Å². The normalized spacial score (nSPS) is 19.5. The number of hydrogen-bond donors (Lipinski definition) is 2. The monoisotopic (exact) mass is 273 g/mol. The molecule has 2 heterocycles. The van der Waals surface area contributed by atoms with E-state index in [1.807, 2.05) is 19.1 Å². The summed E-state index contributed by atoms with van der Waals surface area (Å²) in [6.45, 7) is 4.95. The zero-order valence-electron chi connectivity index (χ0n) is 12.0. The highest BCUT2D eigenvalue weighted by Crippen LogP contribution is 2.27. The van der Waals surface area contributed by atoms with Gasteiger partial charge >= 0.3 is 0 Å². The van der Waals surface area contributed by atoms with Crippen LogP contribution in [0.3, 0.4) is 0 Å². The first-order chi connectivity index (χ1) is 9.76. The minimum absolute atomic E-state index is 0.183. The first kappa shape index (κ1) is 13.6. The minimum Gasteiger partial charge on any atom is -0.392 e. The second kappa shape index (κ2) is 5.94. The van der Waals surface area contributed by atoms with Crippen molar-refractivity contribution in [3.05, 3.63) is 30.1 Å². The van der Waals surface area contributed by atoms with Crippen LogP contribution < -0.4 is 0 Å². The van der Waals surface area contributed by atoms with Crippen LogP contribution in [0.25, 0.3) is 11.0 Å². The van der Waals surface area contributed by atoms with Gasteiger partial charge in [-0.2, -0.15) is 0 Å². The Morgan fingerprint density at radius 2 is 2.10 bits per heavy atom. The van der Waals surface area contributed by atoms with Gasteiger partial charge in [0.15, 0.2) is 0 Å². The summed E-state index contributed by atoms with van der Waals surface area (Å²) in [5.74, 6) is 1.65. The Morgan fingerprint density at radius 1 is 1.35 bits per heavy atom. The number of β-amino-alcohol motifs (C(OH)–C–C–N with tert-alkyl or cyclic N) is 1. The molecule has 0 radical (unpaired) electrons. The average Bonchev–Trinajstić information content (AvgIpc) is 2.91. The van der Waals surface area contributed by atoms with Crippen LogP contribution in [0.15, 0.2) is 24.3 Å². The van der Waals surface area contributed by atoms with Crippen LogP contribution in [0.2, 0.25) is 0 Å². The van der Waals surface area contributed by atoms with Crippen molar-refractivity contribution in [2.45, 2.75) is 38.2 Å². The summed E-state index contributed by atoms with van der Waals surface area (Å²) in [6, 6.07) is 8.21. The molecule has 1 aliphatic rings. The topological polar surface area (TPSA) is 52.1 Å². The number of para-hydroxylation sites is 2. The molecular weight excluding hydrogens is 250 g/mol. The molecule has 3 rings (SSSR count). The molecule has 0 bridgehead atoms. The highest BCUT2D eigenvalue weighted by Gasteiger charge is 2.23. The summed E-state index contributed by atoms with van der Waals surface area (Å²) in [7, 11) is 0. The van der Waals surface area contributed by atoms with Crippen LogP contribution >= 0.6 is 0 Å². The van der Waals surface area contributed by atoms with Gasteiger partial charge in [-0.3, -0.25) is 0 Å². The van der Waals surface area contributed by atoms with Gasteiger partial charge in [0.2, 0.25) is 0 Å². The maximum Gasteiger partial charge on any atom is 0.110 e. The molecule has 4 heteroatoms. The number of benzene rings is 1. The minimum atomic E-state index is -0.183. The molecule has 1 aromatic heterocycles. The van der Waals surface area contributed by atoms with Gasteiger partial charge in [-0.1, -0.05) is 19.1 Å². The van der Waals surface area contributed by atoms with E-state index >= 15 is 0 Å². The smallest absolute Gasteiger partial charge is 0.110 e. The van der Waals surface area contributed by atoms with E-state index in [0.29, 0.717) is 5.92 Å². The molecule has 108 valence electrons. The summed E-state index contributed by atoms with van der Waals surface area (Å²) < 4.78 is 0. The summed E-state index contributed by atoms with van der Waals surface area (Å²) in [4.78, 5) is 10.5. The number of rotatable bonds is 4. The maximum atomic E-state index is 9.73. The Labute approximate surface area is 119 Å². The van der Waals surface area contributed by atoms with Crippen molar-refractivity contribution in [1.82, 2.24) is 14.9 Å². The first-order valence-electron chi connectivity index (χ1n) is 7.61. The van der Waals surface area contributed by atoms with E-state index < -0.39 is 0 Å². The number of aliphatic hydroxyl groups is 1. The highest BCUT2D eigenvalue weighted by atomic mass is 16.3. The van der Waals surface area contributed by atoms with Crippen LogP contribution in [-0.4, -0.2) is 45.7 Å². The van der Waals surface area contributed by atoms with Gasteiger partial charge in [0.05, 0.1) is 17.1 Å². The maximum absolute atomic E-state index is 9.73. The van der Waals surface area contributed by atoms with Crippen LogP contribution in [0.1, 0.15) is 37.9 Å². The number of imidazole rings is 1. The number of piperidine rings is 1. The van der Waals surface area contributed by atoms with E-state index in [4.69, 9.17) is 4.98 Å². The summed E-state index contributed by atoms with van der Waals surface area (Å²) in [6.07, 6.45) is 2.90. The van der Waals surface area contributed by atoms with Crippen molar-refractivity contribution in [3.8, 4) is 0 Å². The highest BCUT2D eigenvalue weighted by molar-refractivity contribution is 5.74. The molecule has 2 aromatic rings.